The zero-order chi connectivity index (χ0) is 22.4. The summed E-state index contributed by atoms with van der Waals surface area (Å²) in [5.74, 6) is -1.14. The van der Waals surface area contributed by atoms with E-state index in [4.69, 9.17) is 0 Å². The molecule has 0 bridgehead atoms. The van der Waals surface area contributed by atoms with E-state index >= 15 is 0 Å². The van der Waals surface area contributed by atoms with Gasteiger partial charge >= 0.3 is 0 Å². The van der Waals surface area contributed by atoms with E-state index in [1.165, 1.54) is 24.3 Å². The number of hydrogen-bond acceptors (Lipinski definition) is 5. The normalized spacial score (nSPS) is 20.2. The molecule has 0 N–H and O–H groups in total. The molecule has 2 fully saturated rings. The van der Waals surface area contributed by atoms with Crippen molar-refractivity contribution in [1.29, 1.82) is 0 Å². The van der Waals surface area contributed by atoms with E-state index in [1.54, 1.807) is 43.0 Å². The Hall–Kier alpha value is -2.94. The first kappa shape index (κ1) is 21.3. The molecule has 0 unspecified atom stereocenters. The second-order valence-electron chi connectivity index (χ2n) is 8.51. The van der Waals surface area contributed by atoms with Crippen molar-refractivity contribution in [1.82, 2.24) is 4.90 Å². The molecular formula is C22H24FN3O4S. The Labute approximate surface area is 181 Å². The second-order valence-corrected chi connectivity index (χ2v) is 10.3. The molecule has 2 aliphatic rings. The molecule has 2 aromatic rings. The topological polar surface area (TPSA) is 78.0 Å². The molecule has 2 aromatic carbocycles. The van der Waals surface area contributed by atoms with Crippen molar-refractivity contribution in [3.8, 4) is 0 Å². The highest BCUT2D eigenvalue weighted by Gasteiger charge is 2.49. The van der Waals surface area contributed by atoms with Crippen LogP contribution in [0.4, 0.5) is 15.8 Å². The van der Waals surface area contributed by atoms with E-state index in [1.807, 2.05) is 0 Å². The van der Waals surface area contributed by atoms with E-state index < -0.39 is 21.3 Å². The molecule has 2 amide bonds. The molecule has 2 saturated heterocycles. The molecule has 164 valence electrons. The monoisotopic (exact) mass is 445 g/mol. The maximum atomic E-state index is 13.1. The summed E-state index contributed by atoms with van der Waals surface area (Å²) in [6.45, 7) is 5.51. The summed E-state index contributed by atoms with van der Waals surface area (Å²) in [5, 5.41) is 0. The third kappa shape index (κ3) is 4.01. The molecule has 9 heteroatoms. The summed E-state index contributed by atoms with van der Waals surface area (Å²) >= 11 is 0. The van der Waals surface area contributed by atoms with Crippen LogP contribution in [-0.4, -0.2) is 57.1 Å². The van der Waals surface area contributed by atoms with Crippen LogP contribution in [0.15, 0.2) is 48.5 Å². The number of carbonyl (C=O) groups is 2. The van der Waals surface area contributed by atoms with Crippen LogP contribution in [0, 0.1) is 11.2 Å². The SMILES string of the molecule is CC1(C)CS(=O)(=O)N(c2ccc(C(=O)N3CCN(c4ccc(F)cc4)CC3)cc2)C1=O. The molecule has 0 spiro atoms. The third-order valence-electron chi connectivity index (χ3n) is 5.69. The minimum atomic E-state index is -3.73. The molecule has 0 radical (unpaired) electrons. The number of benzene rings is 2. The van der Waals surface area contributed by atoms with Gasteiger partial charge in [-0.25, -0.2) is 17.1 Å². The molecule has 2 heterocycles. The fraction of sp³-hybridized carbons (Fsp3) is 0.364. The third-order valence-corrected chi connectivity index (χ3v) is 7.71. The average molecular weight is 446 g/mol. The van der Waals surface area contributed by atoms with Gasteiger partial charge in [-0.2, -0.15) is 0 Å². The maximum absolute atomic E-state index is 13.1. The van der Waals surface area contributed by atoms with Crippen LogP contribution in [0.5, 0.6) is 0 Å². The number of sulfonamides is 1. The summed E-state index contributed by atoms with van der Waals surface area (Å²) in [7, 11) is -3.73. The number of carbonyl (C=O) groups excluding carboxylic acids is 2. The van der Waals surface area contributed by atoms with Gasteiger partial charge in [-0.3, -0.25) is 9.59 Å². The Morgan fingerprint density at radius 2 is 1.45 bits per heavy atom. The number of nitrogens with zero attached hydrogens (tertiary/aromatic N) is 3. The predicted octanol–water partition coefficient (Wildman–Crippen LogP) is 2.49. The lowest BCUT2D eigenvalue weighted by molar-refractivity contribution is -0.123. The Morgan fingerprint density at radius 1 is 0.903 bits per heavy atom. The summed E-state index contributed by atoms with van der Waals surface area (Å²) in [5.41, 5.74) is 0.616. The first-order chi connectivity index (χ1) is 14.6. The first-order valence-corrected chi connectivity index (χ1v) is 11.7. The zero-order valence-electron chi connectivity index (χ0n) is 17.4. The van der Waals surface area contributed by atoms with Gasteiger partial charge in [0.15, 0.2) is 0 Å². The lowest BCUT2D eigenvalue weighted by atomic mass is 9.95. The van der Waals surface area contributed by atoms with Crippen LogP contribution in [0.3, 0.4) is 0 Å². The number of hydrogen-bond donors (Lipinski definition) is 0. The summed E-state index contributed by atoms with van der Waals surface area (Å²) in [6, 6.07) is 12.4. The van der Waals surface area contributed by atoms with Crippen LogP contribution in [-0.2, 0) is 14.8 Å². The van der Waals surface area contributed by atoms with Crippen molar-refractivity contribution in [3.05, 3.63) is 59.9 Å². The van der Waals surface area contributed by atoms with Crippen molar-refractivity contribution in [2.75, 3.05) is 41.1 Å². The number of rotatable bonds is 3. The molecular weight excluding hydrogens is 421 g/mol. The van der Waals surface area contributed by atoms with Gasteiger partial charge in [-0.05, 0) is 62.4 Å². The van der Waals surface area contributed by atoms with Crippen LogP contribution in [0.25, 0.3) is 0 Å². The molecule has 4 rings (SSSR count). The molecule has 0 aromatic heterocycles. The maximum Gasteiger partial charge on any atom is 0.253 e. The molecule has 7 nitrogen and oxygen atoms in total. The van der Waals surface area contributed by atoms with Gasteiger partial charge in [0.1, 0.15) is 5.82 Å². The minimum absolute atomic E-state index is 0.152. The highest BCUT2D eigenvalue weighted by Crippen LogP contribution is 2.35. The molecule has 2 aliphatic heterocycles. The summed E-state index contributed by atoms with van der Waals surface area (Å²) < 4.78 is 38.8. The largest absolute Gasteiger partial charge is 0.368 e. The molecule has 0 saturated carbocycles. The van der Waals surface area contributed by atoms with Crippen molar-refractivity contribution >= 4 is 33.2 Å². The van der Waals surface area contributed by atoms with Crippen LogP contribution >= 0.6 is 0 Å². The smallest absolute Gasteiger partial charge is 0.253 e. The Balaban J connectivity index is 1.44. The fourth-order valence-corrected chi connectivity index (χ4v) is 6.11. The molecule has 0 atom stereocenters. The van der Waals surface area contributed by atoms with Gasteiger partial charge in [0.2, 0.25) is 15.9 Å². The molecule has 0 aliphatic carbocycles. The predicted molar refractivity (Wildman–Crippen MR) is 116 cm³/mol. The van der Waals surface area contributed by atoms with E-state index in [0.717, 1.165) is 9.99 Å². The quantitative estimate of drug-likeness (QED) is 0.726. The van der Waals surface area contributed by atoms with Crippen LogP contribution < -0.4 is 9.21 Å². The van der Waals surface area contributed by atoms with E-state index in [9.17, 15) is 22.4 Å². The van der Waals surface area contributed by atoms with E-state index in [2.05, 4.69) is 4.90 Å². The summed E-state index contributed by atoms with van der Waals surface area (Å²) in [4.78, 5) is 29.2. The van der Waals surface area contributed by atoms with Crippen molar-refractivity contribution in [3.63, 3.8) is 0 Å². The van der Waals surface area contributed by atoms with Crippen LogP contribution in [0.2, 0.25) is 0 Å². The van der Waals surface area contributed by atoms with Crippen molar-refractivity contribution in [2.45, 2.75) is 13.8 Å². The highest BCUT2D eigenvalue weighted by molar-refractivity contribution is 7.94. The average Bonchev–Trinajstić information content (AvgIpc) is 2.90. The van der Waals surface area contributed by atoms with Crippen molar-refractivity contribution in [2.24, 2.45) is 5.41 Å². The van der Waals surface area contributed by atoms with Gasteiger partial charge in [0.25, 0.3) is 5.91 Å². The lowest BCUT2D eigenvalue weighted by Crippen LogP contribution is -2.48. The Morgan fingerprint density at radius 3 is 1.97 bits per heavy atom. The van der Waals surface area contributed by atoms with Gasteiger partial charge in [0.05, 0.1) is 16.9 Å². The van der Waals surface area contributed by atoms with Gasteiger partial charge < -0.3 is 9.80 Å². The fourth-order valence-electron chi connectivity index (χ4n) is 4.00. The number of piperazine rings is 1. The zero-order valence-corrected chi connectivity index (χ0v) is 18.2. The van der Waals surface area contributed by atoms with Gasteiger partial charge in [-0.1, -0.05) is 0 Å². The second kappa shape index (κ2) is 7.64. The van der Waals surface area contributed by atoms with E-state index in [-0.39, 0.29) is 23.2 Å². The van der Waals surface area contributed by atoms with Gasteiger partial charge in [0, 0.05) is 37.4 Å². The standard InChI is InChI=1S/C22H24FN3O4S/c1-22(2)15-31(29,30)26(21(22)28)19-7-3-16(4-8-19)20(27)25-13-11-24(12-14-25)18-9-5-17(23)6-10-18/h3-10H,11-15H2,1-2H3. The number of amides is 2. The minimum Gasteiger partial charge on any atom is -0.368 e. The highest BCUT2D eigenvalue weighted by atomic mass is 32.2. The summed E-state index contributed by atoms with van der Waals surface area (Å²) in [6.07, 6.45) is 0. The number of halogens is 1. The van der Waals surface area contributed by atoms with Crippen LogP contribution in [0.1, 0.15) is 24.2 Å². The number of anilines is 2. The van der Waals surface area contributed by atoms with E-state index in [0.29, 0.717) is 31.7 Å². The molecule has 31 heavy (non-hydrogen) atoms. The lowest BCUT2D eigenvalue weighted by Gasteiger charge is -2.36. The Bertz CT molecular complexity index is 1110. The Kier molecular flexibility index (Phi) is 5.25. The van der Waals surface area contributed by atoms with Crippen molar-refractivity contribution < 1.29 is 22.4 Å². The first-order valence-electron chi connectivity index (χ1n) is 10.1. The van der Waals surface area contributed by atoms with Gasteiger partial charge in [-0.15, -0.1) is 0 Å².